The van der Waals surface area contributed by atoms with Gasteiger partial charge in [-0.1, -0.05) is 0 Å². The van der Waals surface area contributed by atoms with Crippen molar-refractivity contribution in [2.75, 3.05) is 6.26 Å². The summed E-state index contributed by atoms with van der Waals surface area (Å²) in [5, 5.41) is 0.637. The number of hydrogen-bond acceptors (Lipinski definition) is 6. The van der Waals surface area contributed by atoms with Gasteiger partial charge in [-0.05, 0) is 36.7 Å². The molecular weight excluding hydrogens is 350 g/mol. The molecule has 2 heterocycles. The van der Waals surface area contributed by atoms with E-state index in [1.165, 1.54) is 22.2 Å². The van der Waals surface area contributed by atoms with E-state index >= 15 is 0 Å². The molecule has 126 valence electrons. The first-order valence-electron chi connectivity index (χ1n) is 7.03. The molecule has 0 unspecified atom stereocenters. The summed E-state index contributed by atoms with van der Waals surface area (Å²) in [4.78, 5) is 24.7. The van der Waals surface area contributed by atoms with Crippen LogP contribution in [0.15, 0.2) is 33.9 Å². The second-order valence-corrected chi connectivity index (χ2v) is 8.63. The summed E-state index contributed by atoms with van der Waals surface area (Å²) in [5.74, 6) is -0.183. The van der Waals surface area contributed by atoms with Crippen molar-refractivity contribution >= 4 is 31.5 Å². The Bertz CT molecular complexity index is 1170. The van der Waals surface area contributed by atoms with Crippen molar-refractivity contribution in [2.45, 2.75) is 12.7 Å². The Balaban J connectivity index is 2.26. The molecule has 0 aliphatic heterocycles. The van der Waals surface area contributed by atoms with Gasteiger partial charge in [0.15, 0.2) is 9.84 Å². The first-order valence-corrected chi connectivity index (χ1v) is 9.87. The van der Waals surface area contributed by atoms with Crippen LogP contribution in [0.1, 0.15) is 11.4 Å². The van der Waals surface area contributed by atoms with E-state index in [2.05, 4.69) is 4.37 Å². The number of hydrogen-bond donors (Lipinski definition) is 0. The molecule has 24 heavy (non-hydrogen) atoms. The summed E-state index contributed by atoms with van der Waals surface area (Å²) in [5.41, 5.74) is 0.506. The third-order valence-corrected chi connectivity index (χ3v) is 5.41. The average molecular weight is 365 g/mol. The van der Waals surface area contributed by atoms with Crippen molar-refractivity contribution < 1.29 is 8.42 Å². The molecule has 0 saturated carbocycles. The molecule has 0 N–H and O–H groups in total. The molecule has 0 saturated heterocycles. The molecule has 9 heteroatoms. The standard InChI is InChI=1S/C15H15N3O4S2/c1-9-6-14(19)18(15(20)17(9)2)10-4-5-13-11(7-10)12(16-23-13)8-24(3,21)22/h4-7H,8H2,1-3H3. The van der Waals surface area contributed by atoms with Crippen LogP contribution in [-0.4, -0.2) is 28.2 Å². The zero-order valence-corrected chi connectivity index (χ0v) is 14.9. The maximum atomic E-state index is 12.4. The van der Waals surface area contributed by atoms with E-state index in [9.17, 15) is 18.0 Å². The quantitative estimate of drug-likeness (QED) is 0.690. The van der Waals surface area contributed by atoms with E-state index in [0.29, 0.717) is 22.5 Å². The van der Waals surface area contributed by atoms with Crippen molar-refractivity contribution in [1.82, 2.24) is 13.5 Å². The third-order valence-electron chi connectivity index (χ3n) is 3.75. The number of aryl methyl sites for hydroxylation is 1. The number of rotatable bonds is 3. The summed E-state index contributed by atoms with van der Waals surface area (Å²) >= 11 is 1.19. The molecule has 2 aromatic heterocycles. The lowest BCUT2D eigenvalue weighted by Crippen LogP contribution is -2.38. The fourth-order valence-corrected chi connectivity index (χ4v) is 4.01. The average Bonchev–Trinajstić information content (AvgIpc) is 2.86. The Morgan fingerprint density at radius 2 is 1.92 bits per heavy atom. The minimum absolute atomic E-state index is 0.183. The molecule has 0 atom stereocenters. The van der Waals surface area contributed by atoms with Crippen LogP contribution in [0, 0.1) is 6.92 Å². The molecule has 0 radical (unpaired) electrons. The summed E-state index contributed by atoms with van der Waals surface area (Å²) in [6, 6.07) is 6.41. The topological polar surface area (TPSA) is 91.0 Å². The molecule has 3 aromatic rings. The van der Waals surface area contributed by atoms with E-state index in [4.69, 9.17) is 0 Å². The van der Waals surface area contributed by atoms with Gasteiger partial charge in [-0.3, -0.25) is 4.79 Å². The Labute approximate surface area is 141 Å². The van der Waals surface area contributed by atoms with Crippen LogP contribution in [0.5, 0.6) is 0 Å². The van der Waals surface area contributed by atoms with Gasteiger partial charge in [-0.2, -0.15) is 4.37 Å². The Kier molecular flexibility index (Phi) is 3.92. The van der Waals surface area contributed by atoms with Crippen molar-refractivity contribution in [1.29, 1.82) is 0 Å². The molecule has 0 aliphatic rings. The van der Waals surface area contributed by atoms with Crippen LogP contribution in [0.3, 0.4) is 0 Å². The summed E-state index contributed by atoms with van der Waals surface area (Å²) in [6.45, 7) is 1.68. The SMILES string of the molecule is Cc1cc(=O)n(-c2ccc3snc(CS(C)(=O)=O)c3c2)c(=O)n1C. The maximum Gasteiger partial charge on any atom is 0.335 e. The van der Waals surface area contributed by atoms with E-state index in [-0.39, 0.29) is 5.75 Å². The van der Waals surface area contributed by atoms with Crippen LogP contribution in [0.4, 0.5) is 0 Å². The van der Waals surface area contributed by atoms with Crippen molar-refractivity contribution in [3.8, 4) is 5.69 Å². The Morgan fingerprint density at radius 3 is 2.58 bits per heavy atom. The molecule has 0 aliphatic carbocycles. The van der Waals surface area contributed by atoms with E-state index < -0.39 is 21.1 Å². The van der Waals surface area contributed by atoms with Gasteiger partial charge in [0.05, 0.1) is 21.8 Å². The number of nitrogens with zero attached hydrogens (tertiary/aromatic N) is 3. The van der Waals surface area contributed by atoms with E-state index in [1.807, 2.05) is 0 Å². The van der Waals surface area contributed by atoms with Gasteiger partial charge in [0.1, 0.15) is 0 Å². The molecule has 3 rings (SSSR count). The molecular formula is C15H15N3O4S2. The number of fused-ring (bicyclic) bond motifs is 1. The Morgan fingerprint density at radius 1 is 1.21 bits per heavy atom. The van der Waals surface area contributed by atoms with Gasteiger partial charge in [0.2, 0.25) is 0 Å². The maximum absolute atomic E-state index is 12.4. The van der Waals surface area contributed by atoms with Crippen LogP contribution >= 0.6 is 11.5 Å². The minimum atomic E-state index is -3.23. The molecule has 7 nitrogen and oxygen atoms in total. The van der Waals surface area contributed by atoms with Gasteiger partial charge >= 0.3 is 5.69 Å². The lowest BCUT2D eigenvalue weighted by Gasteiger charge is -2.09. The Hall–Kier alpha value is -2.26. The van der Waals surface area contributed by atoms with Crippen LogP contribution < -0.4 is 11.2 Å². The van der Waals surface area contributed by atoms with Gasteiger partial charge in [-0.15, -0.1) is 0 Å². The van der Waals surface area contributed by atoms with E-state index in [0.717, 1.165) is 15.5 Å². The number of aromatic nitrogens is 3. The monoisotopic (exact) mass is 365 g/mol. The first kappa shape index (κ1) is 16.6. The number of benzene rings is 1. The van der Waals surface area contributed by atoms with Gasteiger partial charge in [-0.25, -0.2) is 17.8 Å². The van der Waals surface area contributed by atoms with Gasteiger partial charge in [0, 0.05) is 30.4 Å². The lowest BCUT2D eigenvalue weighted by molar-refractivity contribution is 0.601. The van der Waals surface area contributed by atoms with Crippen molar-refractivity contribution in [3.05, 3.63) is 56.5 Å². The second-order valence-electron chi connectivity index (χ2n) is 5.68. The lowest BCUT2D eigenvalue weighted by atomic mass is 10.2. The van der Waals surface area contributed by atoms with E-state index in [1.54, 1.807) is 32.2 Å². The zero-order valence-electron chi connectivity index (χ0n) is 13.3. The van der Waals surface area contributed by atoms with Crippen LogP contribution in [0.2, 0.25) is 0 Å². The molecule has 0 spiro atoms. The normalized spacial score (nSPS) is 12.0. The first-order chi connectivity index (χ1) is 11.2. The molecule has 0 bridgehead atoms. The highest BCUT2D eigenvalue weighted by Crippen LogP contribution is 2.26. The largest absolute Gasteiger partial charge is 0.335 e. The minimum Gasteiger partial charge on any atom is -0.301 e. The summed E-state index contributed by atoms with van der Waals surface area (Å²) < 4.78 is 30.5. The highest BCUT2D eigenvalue weighted by molar-refractivity contribution is 7.89. The second kappa shape index (κ2) is 5.67. The van der Waals surface area contributed by atoms with Crippen LogP contribution in [0.25, 0.3) is 15.8 Å². The highest BCUT2D eigenvalue weighted by atomic mass is 32.2. The molecule has 1 aromatic carbocycles. The third kappa shape index (κ3) is 2.92. The summed E-state index contributed by atoms with van der Waals surface area (Å²) in [7, 11) is -1.64. The highest BCUT2D eigenvalue weighted by Gasteiger charge is 2.15. The van der Waals surface area contributed by atoms with Crippen molar-refractivity contribution in [2.24, 2.45) is 7.05 Å². The van der Waals surface area contributed by atoms with Crippen LogP contribution in [-0.2, 0) is 22.6 Å². The fourth-order valence-electron chi connectivity index (χ4n) is 2.44. The fraction of sp³-hybridized carbons (Fsp3) is 0.267. The zero-order chi connectivity index (χ0) is 17.6. The molecule has 0 fully saturated rings. The van der Waals surface area contributed by atoms with Gasteiger partial charge in [0.25, 0.3) is 5.56 Å². The van der Waals surface area contributed by atoms with Gasteiger partial charge < -0.3 is 4.57 Å². The molecule has 0 amide bonds. The number of sulfone groups is 1. The summed E-state index contributed by atoms with van der Waals surface area (Å²) in [6.07, 6.45) is 1.14. The van der Waals surface area contributed by atoms with Crippen molar-refractivity contribution in [3.63, 3.8) is 0 Å². The predicted octanol–water partition coefficient (Wildman–Crippen LogP) is 0.999. The smallest absolute Gasteiger partial charge is 0.301 e. The predicted molar refractivity (Wildman–Crippen MR) is 93.7 cm³/mol.